The molecule has 0 saturated heterocycles. The van der Waals surface area contributed by atoms with Crippen molar-refractivity contribution in [2.75, 3.05) is 0 Å². The molecule has 0 fully saturated rings. The number of fused-ring (bicyclic) bond motifs is 14. The maximum absolute atomic E-state index is 13.4. The Balaban J connectivity index is 1.46. The summed E-state index contributed by atoms with van der Waals surface area (Å²) in [6.07, 6.45) is 0. The predicted octanol–water partition coefficient (Wildman–Crippen LogP) is 9.79. The van der Waals surface area contributed by atoms with E-state index in [0.717, 1.165) is 55.3 Å². The molecule has 11 heteroatoms. The summed E-state index contributed by atoms with van der Waals surface area (Å²) in [7, 11) is -4.57. The van der Waals surface area contributed by atoms with Crippen molar-refractivity contribution in [3.05, 3.63) is 128 Å². The van der Waals surface area contributed by atoms with Crippen LogP contribution in [0.15, 0.2) is 103 Å². The van der Waals surface area contributed by atoms with Crippen molar-refractivity contribution < 1.29 is 9.79 Å². The molecule has 6 heterocycles. The fourth-order valence-corrected chi connectivity index (χ4v) is 10.2. The van der Waals surface area contributed by atoms with Crippen molar-refractivity contribution in [2.45, 2.75) is 105 Å². The van der Waals surface area contributed by atoms with Gasteiger partial charge in [0.1, 0.15) is 0 Å². The third kappa shape index (κ3) is 5.63. The Morgan fingerprint density at radius 3 is 1.25 bits per heavy atom. The fraction of sp³-hybridized carbons (Fsp3) is 0.333. The molecule has 4 aliphatic rings. The summed E-state index contributed by atoms with van der Waals surface area (Å²) >= 11 is 0. The number of nitrogens with zero attached hydrogens (tertiary/aromatic N) is 8. The highest BCUT2D eigenvalue weighted by atomic mass is 31.2. The summed E-state index contributed by atoms with van der Waals surface area (Å²) in [6, 6.07) is 25.1. The first kappa shape index (κ1) is 37.8. The summed E-state index contributed by atoms with van der Waals surface area (Å²) in [4.78, 5) is 58.4. The van der Waals surface area contributed by atoms with E-state index < -0.39 is 8.02 Å². The number of aromatic nitrogens is 2. The van der Waals surface area contributed by atoms with Crippen molar-refractivity contribution in [3.8, 4) is 0 Å². The molecule has 0 radical (unpaired) electrons. The van der Waals surface area contributed by atoms with Gasteiger partial charge >= 0.3 is 8.02 Å². The minimum Gasteiger partial charge on any atom is -0.208 e. The quantitative estimate of drug-likeness (QED) is 0.149. The molecular weight excluding hydrogens is 752 g/mol. The van der Waals surface area contributed by atoms with Crippen LogP contribution in [-0.2, 0) is 21.7 Å². The van der Waals surface area contributed by atoms with Gasteiger partial charge in [-0.3, -0.25) is 0 Å². The molecule has 6 aromatic rings. The highest BCUT2D eigenvalue weighted by molar-refractivity contribution is 7.61. The Kier molecular flexibility index (Phi) is 7.61. The summed E-state index contributed by atoms with van der Waals surface area (Å²) in [6.45, 7) is 26.1. The highest BCUT2D eigenvalue weighted by Gasteiger charge is 2.50. The number of amidine groups is 4. The summed E-state index contributed by atoms with van der Waals surface area (Å²) in [5.74, 6) is 2.46. The minimum absolute atomic E-state index is 0.144. The molecular formula is C48H50N8O2P+. The second kappa shape index (κ2) is 11.9. The Bertz CT molecular complexity index is 3160. The molecule has 6 bridgehead atoms. The van der Waals surface area contributed by atoms with Gasteiger partial charge in [-0.15, -0.1) is 8.68 Å². The lowest BCUT2D eigenvalue weighted by Gasteiger charge is -2.19. The monoisotopic (exact) mass is 801 g/mol. The Morgan fingerprint density at radius 2 is 0.746 bits per heavy atom. The third-order valence-electron chi connectivity index (χ3n) is 12.1. The van der Waals surface area contributed by atoms with Gasteiger partial charge in [-0.05, 0) is 68.2 Å². The second-order valence-electron chi connectivity index (χ2n) is 20.5. The average Bonchev–Trinajstić information content (AvgIpc) is 3.85. The molecule has 2 aromatic heterocycles. The fourth-order valence-electron chi connectivity index (χ4n) is 8.43. The van der Waals surface area contributed by atoms with Gasteiger partial charge in [0.25, 0.3) is 0 Å². The van der Waals surface area contributed by atoms with Crippen LogP contribution in [0, 0.1) is 0 Å². The maximum Gasteiger partial charge on any atom is 0.498 e. The van der Waals surface area contributed by atoms with Crippen molar-refractivity contribution in [1.82, 2.24) is 8.68 Å². The van der Waals surface area contributed by atoms with Crippen molar-refractivity contribution in [2.24, 2.45) is 30.0 Å². The Morgan fingerprint density at radius 1 is 0.373 bits per heavy atom. The first-order valence-electron chi connectivity index (χ1n) is 20.3. The maximum atomic E-state index is 13.4. The Hall–Kier alpha value is -5.41. The van der Waals surface area contributed by atoms with E-state index in [0.29, 0.717) is 56.7 Å². The van der Waals surface area contributed by atoms with E-state index in [-0.39, 0.29) is 21.7 Å². The molecule has 59 heavy (non-hydrogen) atoms. The summed E-state index contributed by atoms with van der Waals surface area (Å²) in [5, 5.41) is 2.87. The first-order chi connectivity index (χ1) is 27.5. The van der Waals surface area contributed by atoms with E-state index in [1.165, 1.54) is 8.68 Å². The minimum atomic E-state index is -4.57. The molecule has 2 N–H and O–H groups in total. The second-order valence-corrected chi connectivity index (χ2v) is 22.3. The van der Waals surface area contributed by atoms with Gasteiger partial charge in [0.2, 0.25) is 0 Å². The van der Waals surface area contributed by atoms with Crippen LogP contribution in [0.4, 0.5) is 11.6 Å². The van der Waals surface area contributed by atoms with E-state index in [4.69, 9.17) is 30.0 Å². The molecule has 0 saturated carbocycles. The van der Waals surface area contributed by atoms with Gasteiger partial charge in [-0.2, -0.15) is 9.79 Å². The van der Waals surface area contributed by atoms with Crippen LogP contribution in [0.2, 0.25) is 0 Å². The standard InChI is InChI=1S/C48H50N8O2P/c1-45(2,3)25-13-17-29-33(21-25)39-49-37(29)51-43-36-24-28(48(10,11)12)16-20-32(36)42-54-40-34-22-26(46(4,5)6)14-18-30(34)38(50-40)52-44-35-23-27(47(7,8)9)15-19-31(35)41(53-39)55(44)59(57,58)56(42)43/h13-24,57-58H,1-12H3/q+1. The number of benzene rings is 4. The molecule has 0 amide bonds. The van der Waals surface area contributed by atoms with E-state index in [1.807, 2.05) is 12.1 Å². The number of rotatable bonds is 0. The van der Waals surface area contributed by atoms with Crippen LogP contribution in [0.1, 0.15) is 128 Å². The van der Waals surface area contributed by atoms with Crippen LogP contribution < -0.4 is 11.0 Å². The van der Waals surface area contributed by atoms with E-state index in [1.54, 1.807) is 0 Å². The third-order valence-corrected chi connectivity index (χ3v) is 13.9. The molecule has 4 aromatic carbocycles. The van der Waals surface area contributed by atoms with Gasteiger partial charge in [0, 0.05) is 43.8 Å². The van der Waals surface area contributed by atoms with Crippen LogP contribution in [-0.4, -0.2) is 41.8 Å². The lowest BCUT2D eigenvalue weighted by molar-refractivity contribution is 0.419. The average molecular weight is 802 g/mol. The van der Waals surface area contributed by atoms with E-state index in [9.17, 15) is 9.79 Å². The molecule has 0 spiro atoms. The Labute approximate surface area is 344 Å². The molecule has 298 valence electrons. The largest absolute Gasteiger partial charge is 0.498 e. The number of hydrogen-bond donors (Lipinski definition) is 2. The van der Waals surface area contributed by atoms with Crippen molar-refractivity contribution in [1.29, 1.82) is 0 Å². The summed E-state index contributed by atoms with van der Waals surface area (Å²) < 4.78 is 3.06. The number of aliphatic imine (C=N–C) groups is 4. The SMILES string of the molecule is CC(C)(C)c1ccc2c(c1)C1=NC2=Nc2c3cc(C(C)(C)C)ccc3c3n2[P+](O)(O)n2c(c4ccc(C(C)(C)C)cc4c2=NC2=NC(=N3)c3cc(C(C)(C)C)ccc32)=N1. The zero-order valence-corrected chi connectivity index (χ0v) is 36.7. The summed E-state index contributed by atoms with van der Waals surface area (Å²) in [5.41, 5.74) is 7.65. The van der Waals surface area contributed by atoms with Crippen LogP contribution >= 0.6 is 8.02 Å². The lowest BCUT2D eigenvalue weighted by Crippen LogP contribution is -2.33. The topological polar surface area (TPSA) is 124 Å². The molecule has 10 rings (SSSR count). The van der Waals surface area contributed by atoms with Gasteiger partial charge in [0.05, 0.1) is 0 Å². The lowest BCUT2D eigenvalue weighted by atomic mass is 9.85. The molecule has 0 aliphatic carbocycles. The van der Waals surface area contributed by atoms with Crippen molar-refractivity contribution >= 4 is 64.5 Å². The molecule has 10 nitrogen and oxygen atoms in total. The van der Waals surface area contributed by atoms with Crippen LogP contribution in [0.25, 0.3) is 21.5 Å². The van der Waals surface area contributed by atoms with E-state index >= 15 is 0 Å². The normalized spacial score (nSPS) is 16.8. The van der Waals surface area contributed by atoms with Gasteiger partial charge < -0.3 is 0 Å². The van der Waals surface area contributed by atoms with Gasteiger partial charge in [-0.25, -0.2) is 30.0 Å². The van der Waals surface area contributed by atoms with Crippen LogP contribution in [0.3, 0.4) is 0 Å². The van der Waals surface area contributed by atoms with Crippen LogP contribution in [0.5, 0.6) is 0 Å². The molecule has 0 unspecified atom stereocenters. The first-order valence-corrected chi connectivity index (χ1v) is 21.9. The number of hydrogen-bond acceptors (Lipinski definition) is 8. The van der Waals surface area contributed by atoms with Crippen molar-refractivity contribution in [3.63, 3.8) is 0 Å². The molecule has 0 atom stereocenters. The van der Waals surface area contributed by atoms with Gasteiger partial charge in [0.15, 0.2) is 46.0 Å². The van der Waals surface area contributed by atoms with E-state index in [2.05, 4.69) is 144 Å². The highest BCUT2D eigenvalue weighted by Crippen LogP contribution is 2.60. The zero-order chi connectivity index (χ0) is 41.9. The molecule has 4 aliphatic heterocycles. The zero-order valence-electron chi connectivity index (χ0n) is 35.8. The smallest absolute Gasteiger partial charge is 0.208 e. The predicted molar refractivity (Wildman–Crippen MR) is 241 cm³/mol. The van der Waals surface area contributed by atoms with Gasteiger partial charge in [-0.1, -0.05) is 132 Å².